The van der Waals surface area contributed by atoms with Gasteiger partial charge in [-0.15, -0.1) is 10.2 Å². The van der Waals surface area contributed by atoms with Crippen LogP contribution < -0.4 is 5.32 Å². The van der Waals surface area contributed by atoms with E-state index >= 15 is 0 Å². The van der Waals surface area contributed by atoms with E-state index in [1.165, 1.54) is 12.1 Å². The van der Waals surface area contributed by atoms with Crippen LogP contribution in [0.1, 0.15) is 5.56 Å². The Bertz CT molecular complexity index is 1400. The molecule has 7 nitrogen and oxygen atoms in total. The van der Waals surface area contributed by atoms with Gasteiger partial charge in [-0.25, -0.2) is 4.39 Å². The summed E-state index contributed by atoms with van der Waals surface area (Å²) in [6.45, 7) is 0. The molecule has 8 heteroatoms. The number of carbonyl (C=O) groups is 1. The van der Waals surface area contributed by atoms with Crippen LogP contribution in [0.5, 0.6) is 0 Å². The van der Waals surface area contributed by atoms with Crippen molar-refractivity contribution in [3.05, 3.63) is 96.4 Å². The Labute approximate surface area is 182 Å². The van der Waals surface area contributed by atoms with Crippen LogP contribution in [0.2, 0.25) is 0 Å². The summed E-state index contributed by atoms with van der Waals surface area (Å²) >= 11 is 0. The first kappa shape index (κ1) is 19.5. The molecule has 156 valence electrons. The molecule has 0 atom stereocenters. The van der Waals surface area contributed by atoms with Gasteiger partial charge in [0.2, 0.25) is 11.7 Å². The second-order valence-electron chi connectivity index (χ2n) is 7.16. The van der Waals surface area contributed by atoms with Crippen LogP contribution in [0.4, 0.5) is 10.1 Å². The summed E-state index contributed by atoms with van der Waals surface area (Å²) < 4.78 is 14.7. The standard InChI is InChI=1S/C24H17FN6O/c25-18-9-7-16(8-10-18)14-23(32)27-19-5-3-4-17(15-19)20-11-12-22-28-29-24(31(22)30-20)21-6-1-2-13-26-21/h1-13,15H,14H2,(H,27,32). The van der Waals surface area contributed by atoms with Gasteiger partial charge >= 0.3 is 0 Å². The molecule has 0 saturated heterocycles. The van der Waals surface area contributed by atoms with Crippen LogP contribution in [0, 0.1) is 5.82 Å². The van der Waals surface area contributed by atoms with Crippen molar-refractivity contribution in [3.8, 4) is 22.8 Å². The monoisotopic (exact) mass is 424 g/mol. The number of anilines is 1. The Kier molecular flexibility index (Phi) is 5.09. The molecule has 0 bridgehead atoms. The first-order chi connectivity index (χ1) is 15.7. The Balaban J connectivity index is 1.40. The zero-order chi connectivity index (χ0) is 21.9. The molecule has 3 aromatic heterocycles. The summed E-state index contributed by atoms with van der Waals surface area (Å²) in [6, 6.07) is 22.6. The van der Waals surface area contributed by atoms with Crippen molar-refractivity contribution in [3.63, 3.8) is 0 Å². The molecule has 32 heavy (non-hydrogen) atoms. The molecule has 0 spiro atoms. The SMILES string of the molecule is O=C(Cc1ccc(F)cc1)Nc1cccc(-c2ccc3nnc(-c4ccccn4)n3n2)c1. The van der Waals surface area contributed by atoms with E-state index in [9.17, 15) is 9.18 Å². The van der Waals surface area contributed by atoms with Crippen molar-refractivity contribution >= 4 is 17.2 Å². The molecule has 5 aromatic rings. The second kappa shape index (κ2) is 8.35. The lowest BCUT2D eigenvalue weighted by Gasteiger charge is -2.08. The van der Waals surface area contributed by atoms with E-state index in [4.69, 9.17) is 0 Å². The van der Waals surface area contributed by atoms with Crippen molar-refractivity contribution < 1.29 is 9.18 Å². The van der Waals surface area contributed by atoms with Gasteiger partial charge in [-0.3, -0.25) is 9.78 Å². The zero-order valence-corrected chi connectivity index (χ0v) is 16.8. The van der Waals surface area contributed by atoms with Crippen LogP contribution >= 0.6 is 0 Å². The number of hydrogen-bond donors (Lipinski definition) is 1. The summed E-state index contributed by atoms with van der Waals surface area (Å²) in [6.07, 6.45) is 1.85. The van der Waals surface area contributed by atoms with Gasteiger partial charge in [-0.1, -0.05) is 30.3 Å². The summed E-state index contributed by atoms with van der Waals surface area (Å²) in [5.74, 6) is 0.0326. The second-order valence-corrected chi connectivity index (χ2v) is 7.16. The van der Waals surface area contributed by atoms with Crippen LogP contribution in [0.25, 0.3) is 28.4 Å². The lowest BCUT2D eigenvalue weighted by molar-refractivity contribution is -0.115. The van der Waals surface area contributed by atoms with Crippen molar-refractivity contribution in [1.29, 1.82) is 0 Å². The number of amides is 1. The van der Waals surface area contributed by atoms with E-state index in [1.54, 1.807) is 22.8 Å². The summed E-state index contributed by atoms with van der Waals surface area (Å²) in [4.78, 5) is 16.7. The first-order valence-corrected chi connectivity index (χ1v) is 9.94. The number of pyridine rings is 1. The summed E-state index contributed by atoms with van der Waals surface area (Å²) in [5, 5.41) is 15.9. The van der Waals surface area contributed by atoms with Gasteiger partial charge < -0.3 is 5.32 Å². The van der Waals surface area contributed by atoms with Gasteiger partial charge in [0.15, 0.2) is 5.65 Å². The van der Waals surface area contributed by atoms with E-state index in [0.29, 0.717) is 28.5 Å². The van der Waals surface area contributed by atoms with E-state index in [0.717, 1.165) is 11.1 Å². The van der Waals surface area contributed by atoms with E-state index in [1.807, 2.05) is 54.6 Å². The van der Waals surface area contributed by atoms with Crippen LogP contribution in [0.15, 0.2) is 85.1 Å². The van der Waals surface area contributed by atoms with Crippen LogP contribution in [0.3, 0.4) is 0 Å². The number of fused-ring (bicyclic) bond motifs is 1. The Morgan fingerprint density at radius 2 is 1.78 bits per heavy atom. The largest absolute Gasteiger partial charge is 0.326 e. The average Bonchev–Trinajstić information content (AvgIpc) is 3.25. The van der Waals surface area contributed by atoms with E-state index in [-0.39, 0.29) is 18.1 Å². The van der Waals surface area contributed by atoms with Crippen molar-refractivity contribution in [2.24, 2.45) is 0 Å². The van der Waals surface area contributed by atoms with Gasteiger partial charge in [0.1, 0.15) is 11.5 Å². The lowest BCUT2D eigenvalue weighted by Crippen LogP contribution is -2.14. The normalized spacial score (nSPS) is 10.9. The molecule has 0 unspecified atom stereocenters. The summed E-state index contributed by atoms with van der Waals surface area (Å²) in [7, 11) is 0. The van der Waals surface area contributed by atoms with Crippen molar-refractivity contribution in [1.82, 2.24) is 24.8 Å². The molecular formula is C24H17FN6O. The molecule has 3 heterocycles. The molecular weight excluding hydrogens is 407 g/mol. The first-order valence-electron chi connectivity index (χ1n) is 9.94. The van der Waals surface area contributed by atoms with Gasteiger partial charge in [0.25, 0.3) is 0 Å². The molecule has 0 aliphatic rings. The topological polar surface area (TPSA) is 85.1 Å². The number of hydrogen-bond acceptors (Lipinski definition) is 5. The van der Waals surface area contributed by atoms with E-state index in [2.05, 4.69) is 25.6 Å². The highest BCUT2D eigenvalue weighted by Crippen LogP contribution is 2.23. The lowest BCUT2D eigenvalue weighted by atomic mass is 10.1. The third-order valence-corrected chi connectivity index (χ3v) is 4.88. The fourth-order valence-corrected chi connectivity index (χ4v) is 3.35. The highest BCUT2D eigenvalue weighted by molar-refractivity contribution is 5.92. The third-order valence-electron chi connectivity index (χ3n) is 4.88. The molecule has 0 saturated carbocycles. The fraction of sp³-hybridized carbons (Fsp3) is 0.0417. The minimum atomic E-state index is -0.328. The Morgan fingerprint density at radius 1 is 0.906 bits per heavy atom. The number of nitrogens with zero attached hydrogens (tertiary/aromatic N) is 5. The molecule has 0 aliphatic carbocycles. The maximum Gasteiger partial charge on any atom is 0.228 e. The molecule has 1 N–H and O–H groups in total. The minimum Gasteiger partial charge on any atom is -0.326 e. The molecule has 2 aromatic carbocycles. The number of aromatic nitrogens is 5. The predicted molar refractivity (Wildman–Crippen MR) is 118 cm³/mol. The highest BCUT2D eigenvalue weighted by atomic mass is 19.1. The van der Waals surface area contributed by atoms with Crippen molar-refractivity contribution in [2.45, 2.75) is 6.42 Å². The highest BCUT2D eigenvalue weighted by Gasteiger charge is 2.12. The fourth-order valence-electron chi connectivity index (χ4n) is 3.35. The minimum absolute atomic E-state index is 0.156. The number of carbonyl (C=O) groups excluding carboxylic acids is 1. The average molecular weight is 424 g/mol. The summed E-state index contributed by atoms with van der Waals surface area (Å²) in [5.41, 5.74) is 4.19. The number of rotatable bonds is 5. The molecule has 0 aliphatic heterocycles. The number of halogens is 1. The van der Waals surface area contributed by atoms with Crippen molar-refractivity contribution in [2.75, 3.05) is 5.32 Å². The quantitative estimate of drug-likeness (QED) is 0.458. The van der Waals surface area contributed by atoms with Crippen LogP contribution in [-0.4, -0.2) is 30.7 Å². The Hall–Kier alpha value is -4.46. The van der Waals surface area contributed by atoms with Gasteiger partial charge in [-0.2, -0.15) is 9.61 Å². The predicted octanol–water partition coefficient (Wildman–Crippen LogP) is 4.17. The number of nitrogens with one attached hydrogen (secondary N) is 1. The van der Waals surface area contributed by atoms with Crippen LogP contribution in [-0.2, 0) is 11.2 Å². The molecule has 0 fully saturated rings. The van der Waals surface area contributed by atoms with E-state index < -0.39 is 0 Å². The van der Waals surface area contributed by atoms with Gasteiger partial charge in [-0.05, 0) is 54.1 Å². The number of benzene rings is 2. The smallest absolute Gasteiger partial charge is 0.228 e. The third kappa shape index (κ3) is 4.06. The maximum absolute atomic E-state index is 13.1. The molecule has 0 radical (unpaired) electrons. The molecule has 5 rings (SSSR count). The maximum atomic E-state index is 13.1. The molecule has 1 amide bonds. The van der Waals surface area contributed by atoms with Gasteiger partial charge in [0, 0.05) is 17.4 Å². The zero-order valence-electron chi connectivity index (χ0n) is 16.8. The van der Waals surface area contributed by atoms with Gasteiger partial charge in [0.05, 0.1) is 12.1 Å². The Morgan fingerprint density at radius 3 is 2.59 bits per heavy atom.